The lowest BCUT2D eigenvalue weighted by Crippen LogP contribution is -2.32. The molecule has 0 aromatic heterocycles. The first-order valence-electron chi connectivity index (χ1n) is 7.83. The van der Waals surface area contributed by atoms with Gasteiger partial charge in [0.25, 0.3) is 15.9 Å². The average Bonchev–Trinajstić information content (AvgIpc) is 2.55. The predicted molar refractivity (Wildman–Crippen MR) is 95.6 cm³/mol. The van der Waals surface area contributed by atoms with Crippen molar-refractivity contribution in [3.05, 3.63) is 59.7 Å². The molecule has 24 heavy (non-hydrogen) atoms. The van der Waals surface area contributed by atoms with Gasteiger partial charge in [0, 0.05) is 17.3 Å². The van der Waals surface area contributed by atoms with Crippen LogP contribution in [0.1, 0.15) is 36.2 Å². The van der Waals surface area contributed by atoms with Crippen LogP contribution in [0.15, 0.2) is 53.4 Å². The molecule has 1 amide bonds. The van der Waals surface area contributed by atoms with Crippen LogP contribution in [0.5, 0.6) is 0 Å². The van der Waals surface area contributed by atoms with Crippen LogP contribution in [0, 0.1) is 6.92 Å². The quantitative estimate of drug-likeness (QED) is 0.842. The topological polar surface area (TPSA) is 75.3 Å². The first kappa shape index (κ1) is 18.0. The van der Waals surface area contributed by atoms with Crippen molar-refractivity contribution >= 4 is 21.6 Å². The van der Waals surface area contributed by atoms with Gasteiger partial charge in [-0.3, -0.25) is 9.52 Å². The molecule has 2 aromatic carbocycles. The molecule has 6 heteroatoms. The Bertz CT molecular complexity index is 817. The summed E-state index contributed by atoms with van der Waals surface area (Å²) in [7, 11) is -3.76. The van der Waals surface area contributed by atoms with Gasteiger partial charge < -0.3 is 5.32 Å². The molecule has 0 radical (unpaired) electrons. The van der Waals surface area contributed by atoms with Crippen LogP contribution >= 0.6 is 0 Å². The van der Waals surface area contributed by atoms with Crippen LogP contribution < -0.4 is 10.0 Å². The maximum absolute atomic E-state index is 12.6. The van der Waals surface area contributed by atoms with Crippen molar-refractivity contribution in [2.45, 2.75) is 38.1 Å². The summed E-state index contributed by atoms with van der Waals surface area (Å²) in [6.07, 6.45) is 0.804. The van der Waals surface area contributed by atoms with Crippen LogP contribution in [0.2, 0.25) is 0 Å². The third-order valence-corrected chi connectivity index (χ3v) is 5.28. The largest absolute Gasteiger partial charge is 0.350 e. The highest BCUT2D eigenvalue weighted by atomic mass is 32.2. The molecular formula is C18H22N2O3S. The van der Waals surface area contributed by atoms with E-state index in [1.807, 2.05) is 19.9 Å². The summed E-state index contributed by atoms with van der Waals surface area (Å²) in [5.41, 5.74) is 1.39. The number of carbonyl (C=O) groups excluding carboxylic acids is 1. The fraction of sp³-hybridized carbons (Fsp3) is 0.278. The Hall–Kier alpha value is -2.34. The van der Waals surface area contributed by atoms with Gasteiger partial charge in [0.05, 0.1) is 4.90 Å². The zero-order valence-corrected chi connectivity index (χ0v) is 14.9. The molecule has 0 aliphatic carbocycles. The van der Waals surface area contributed by atoms with Gasteiger partial charge in [0.2, 0.25) is 0 Å². The van der Waals surface area contributed by atoms with E-state index in [1.54, 1.807) is 43.3 Å². The normalized spacial score (nSPS) is 12.5. The van der Waals surface area contributed by atoms with E-state index in [4.69, 9.17) is 0 Å². The molecule has 0 aliphatic rings. The fourth-order valence-electron chi connectivity index (χ4n) is 2.16. The molecule has 0 bridgehead atoms. The number of hydrogen-bond donors (Lipinski definition) is 2. The molecule has 0 heterocycles. The number of nitrogens with one attached hydrogen (secondary N) is 2. The molecule has 0 spiro atoms. The Labute approximate surface area is 143 Å². The minimum atomic E-state index is -3.76. The van der Waals surface area contributed by atoms with Crippen molar-refractivity contribution in [3.63, 3.8) is 0 Å². The molecule has 0 saturated heterocycles. The Kier molecular flexibility index (Phi) is 5.62. The number of anilines is 1. The van der Waals surface area contributed by atoms with E-state index >= 15 is 0 Å². The highest BCUT2D eigenvalue weighted by Gasteiger charge is 2.19. The number of benzene rings is 2. The van der Waals surface area contributed by atoms with Crippen LogP contribution in [-0.4, -0.2) is 20.4 Å². The monoisotopic (exact) mass is 346 g/mol. The molecule has 2 rings (SSSR count). The van der Waals surface area contributed by atoms with Gasteiger partial charge in [-0.2, -0.15) is 0 Å². The van der Waals surface area contributed by atoms with E-state index in [9.17, 15) is 13.2 Å². The zero-order chi connectivity index (χ0) is 17.7. The van der Waals surface area contributed by atoms with E-state index in [2.05, 4.69) is 10.0 Å². The van der Waals surface area contributed by atoms with E-state index in [0.717, 1.165) is 6.42 Å². The van der Waals surface area contributed by atoms with Crippen molar-refractivity contribution in [2.24, 2.45) is 0 Å². The summed E-state index contributed by atoms with van der Waals surface area (Å²) in [6.45, 7) is 5.58. The van der Waals surface area contributed by atoms with Gasteiger partial charge in [-0.1, -0.05) is 31.2 Å². The number of carbonyl (C=O) groups is 1. The highest BCUT2D eigenvalue weighted by Crippen LogP contribution is 2.21. The van der Waals surface area contributed by atoms with Crippen molar-refractivity contribution in [3.8, 4) is 0 Å². The van der Waals surface area contributed by atoms with Gasteiger partial charge >= 0.3 is 0 Å². The number of hydrogen-bond acceptors (Lipinski definition) is 3. The lowest BCUT2D eigenvalue weighted by atomic mass is 10.1. The smallest absolute Gasteiger partial charge is 0.262 e. The zero-order valence-electron chi connectivity index (χ0n) is 14.0. The summed E-state index contributed by atoms with van der Waals surface area (Å²) in [5.74, 6) is -0.277. The Morgan fingerprint density at radius 2 is 1.79 bits per heavy atom. The molecule has 1 atom stereocenters. The first-order chi connectivity index (χ1) is 11.3. The molecular weight excluding hydrogens is 324 g/mol. The lowest BCUT2D eigenvalue weighted by molar-refractivity contribution is 0.0939. The Morgan fingerprint density at radius 1 is 1.12 bits per heavy atom. The van der Waals surface area contributed by atoms with Crippen molar-refractivity contribution in [1.29, 1.82) is 0 Å². The summed E-state index contributed by atoms with van der Waals surface area (Å²) in [4.78, 5) is 12.3. The van der Waals surface area contributed by atoms with E-state index in [0.29, 0.717) is 16.8 Å². The van der Waals surface area contributed by atoms with Crippen LogP contribution in [0.25, 0.3) is 0 Å². The van der Waals surface area contributed by atoms with Crippen molar-refractivity contribution in [2.75, 3.05) is 4.72 Å². The van der Waals surface area contributed by atoms with E-state index < -0.39 is 10.0 Å². The van der Waals surface area contributed by atoms with Crippen LogP contribution in [-0.2, 0) is 10.0 Å². The molecule has 0 fully saturated rings. The van der Waals surface area contributed by atoms with Gasteiger partial charge in [-0.25, -0.2) is 8.42 Å². The van der Waals surface area contributed by atoms with Crippen molar-refractivity contribution < 1.29 is 13.2 Å². The first-order valence-corrected chi connectivity index (χ1v) is 9.31. The molecule has 0 aliphatic heterocycles. The standard InChI is InChI=1S/C18H22N2O3S/c1-4-14(3)19-18(21)15-11-10-13(2)17(12-15)24(22,23)20-16-8-6-5-7-9-16/h5-12,14,20H,4H2,1-3H3,(H,19,21). The molecule has 2 aromatic rings. The number of rotatable bonds is 6. The number of para-hydroxylation sites is 1. The second-order valence-electron chi connectivity index (χ2n) is 5.73. The minimum Gasteiger partial charge on any atom is -0.350 e. The Morgan fingerprint density at radius 3 is 2.42 bits per heavy atom. The SMILES string of the molecule is CCC(C)NC(=O)c1ccc(C)c(S(=O)(=O)Nc2ccccc2)c1. The number of amides is 1. The second kappa shape index (κ2) is 7.49. The molecule has 0 saturated carbocycles. The third-order valence-electron chi connectivity index (χ3n) is 3.76. The van der Waals surface area contributed by atoms with Crippen LogP contribution in [0.3, 0.4) is 0 Å². The summed E-state index contributed by atoms with van der Waals surface area (Å²) in [5, 5.41) is 2.84. The van der Waals surface area contributed by atoms with E-state index in [1.165, 1.54) is 6.07 Å². The molecule has 2 N–H and O–H groups in total. The fourth-order valence-corrected chi connectivity index (χ4v) is 3.49. The molecule has 1 unspecified atom stereocenters. The van der Waals surface area contributed by atoms with Crippen LogP contribution in [0.4, 0.5) is 5.69 Å². The predicted octanol–water partition coefficient (Wildman–Crippen LogP) is 3.32. The summed E-state index contributed by atoms with van der Waals surface area (Å²) >= 11 is 0. The number of sulfonamides is 1. The van der Waals surface area contributed by atoms with Gasteiger partial charge in [-0.15, -0.1) is 0 Å². The maximum atomic E-state index is 12.6. The molecule has 5 nitrogen and oxygen atoms in total. The van der Waals surface area contributed by atoms with Gasteiger partial charge in [0.15, 0.2) is 0 Å². The van der Waals surface area contributed by atoms with E-state index in [-0.39, 0.29) is 16.8 Å². The summed E-state index contributed by atoms with van der Waals surface area (Å²) in [6, 6.07) is 13.4. The van der Waals surface area contributed by atoms with Gasteiger partial charge in [-0.05, 0) is 50.1 Å². The highest BCUT2D eigenvalue weighted by molar-refractivity contribution is 7.92. The third kappa shape index (κ3) is 4.35. The number of aryl methyl sites for hydroxylation is 1. The Balaban J connectivity index is 2.32. The molecule has 128 valence electrons. The average molecular weight is 346 g/mol. The maximum Gasteiger partial charge on any atom is 0.262 e. The van der Waals surface area contributed by atoms with Crippen molar-refractivity contribution in [1.82, 2.24) is 5.32 Å². The van der Waals surface area contributed by atoms with Gasteiger partial charge in [0.1, 0.15) is 0 Å². The second-order valence-corrected chi connectivity index (χ2v) is 7.39. The minimum absolute atomic E-state index is 0.0290. The lowest BCUT2D eigenvalue weighted by Gasteiger charge is -2.14. The summed E-state index contributed by atoms with van der Waals surface area (Å²) < 4.78 is 27.8.